The molecule has 2 heterocycles. The Morgan fingerprint density at radius 3 is 2.96 bits per heavy atom. The van der Waals surface area contributed by atoms with Crippen LogP contribution in [0.15, 0.2) is 36.9 Å². The minimum Gasteiger partial charge on any atom is -0.368 e. The van der Waals surface area contributed by atoms with Gasteiger partial charge in [-0.05, 0) is 43.6 Å². The van der Waals surface area contributed by atoms with Crippen LogP contribution >= 0.6 is 0 Å². The molecule has 7 nitrogen and oxygen atoms in total. The first-order valence-corrected chi connectivity index (χ1v) is 7.70. The van der Waals surface area contributed by atoms with Crippen molar-refractivity contribution < 1.29 is 9.53 Å². The molecule has 1 fully saturated rings. The van der Waals surface area contributed by atoms with Gasteiger partial charge < -0.3 is 15.4 Å². The lowest BCUT2D eigenvalue weighted by Crippen LogP contribution is -2.51. The lowest BCUT2D eigenvalue weighted by molar-refractivity contribution is -0.140. The molecule has 23 heavy (non-hydrogen) atoms. The summed E-state index contributed by atoms with van der Waals surface area (Å²) in [5, 5.41) is 10.3. The molecule has 1 aliphatic heterocycles. The zero-order chi connectivity index (χ0) is 16.1. The number of hydrogen-bond donors (Lipinski definition) is 2. The molecule has 0 spiro atoms. The van der Waals surface area contributed by atoms with Crippen molar-refractivity contribution in [3.8, 4) is 0 Å². The number of piperidine rings is 1. The highest BCUT2D eigenvalue weighted by atomic mass is 16.5. The topological polar surface area (TPSA) is 81.1 Å². The molecule has 0 unspecified atom stereocenters. The van der Waals surface area contributed by atoms with Gasteiger partial charge in [-0.25, -0.2) is 9.67 Å². The van der Waals surface area contributed by atoms with E-state index in [4.69, 9.17) is 4.74 Å². The Bertz CT molecular complexity index is 650. The molecular weight excluding hydrogens is 294 g/mol. The monoisotopic (exact) mass is 315 g/mol. The van der Waals surface area contributed by atoms with Crippen molar-refractivity contribution in [1.82, 2.24) is 20.1 Å². The van der Waals surface area contributed by atoms with E-state index in [1.54, 1.807) is 18.1 Å². The fourth-order valence-corrected chi connectivity index (χ4v) is 2.85. The lowest BCUT2D eigenvalue weighted by atomic mass is 9.91. The molecule has 7 heteroatoms. The second kappa shape index (κ2) is 6.89. The minimum atomic E-state index is -0.743. The van der Waals surface area contributed by atoms with Gasteiger partial charge in [0.25, 0.3) is 5.91 Å². The number of nitrogens with one attached hydrogen (secondary N) is 2. The van der Waals surface area contributed by atoms with Crippen LogP contribution in [0.2, 0.25) is 0 Å². The van der Waals surface area contributed by atoms with E-state index in [1.807, 2.05) is 24.3 Å². The molecule has 1 aliphatic rings. The van der Waals surface area contributed by atoms with Crippen LogP contribution in [0.4, 0.5) is 5.69 Å². The van der Waals surface area contributed by atoms with E-state index in [0.717, 1.165) is 24.3 Å². The maximum absolute atomic E-state index is 12.7. The molecule has 0 atom stereocenters. The van der Waals surface area contributed by atoms with Gasteiger partial charge in [-0.2, -0.15) is 5.10 Å². The van der Waals surface area contributed by atoms with Gasteiger partial charge in [0.1, 0.15) is 18.3 Å². The fraction of sp³-hybridized carbons (Fsp3) is 0.438. The number of ether oxygens (including phenoxy) is 1. The number of aromatic nitrogens is 3. The van der Waals surface area contributed by atoms with Crippen LogP contribution in [0.25, 0.3) is 0 Å². The Labute approximate surface area is 135 Å². The summed E-state index contributed by atoms with van der Waals surface area (Å²) in [5.41, 5.74) is 1.07. The number of carbonyl (C=O) groups excluding carboxylic acids is 1. The smallest absolute Gasteiger partial charge is 0.256 e. The Balaban J connectivity index is 1.70. The first-order valence-electron chi connectivity index (χ1n) is 7.70. The molecule has 2 N–H and O–H groups in total. The molecule has 0 bridgehead atoms. The molecule has 0 aliphatic carbocycles. The van der Waals surface area contributed by atoms with Crippen LogP contribution in [0, 0.1) is 0 Å². The zero-order valence-corrected chi connectivity index (χ0v) is 13.2. The molecule has 0 saturated carbocycles. The van der Waals surface area contributed by atoms with Crippen molar-refractivity contribution in [3.05, 3.63) is 42.5 Å². The van der Waals surface area contributed by atoms with Gasteiger partial charge in [0.05, 0.1) is 6.54 Å². The van der Waals surface area contributed by atoms with E-state index in [9.17, 15) is 4.79 Å². The Kier molecular flexibility index (Phi) is 4.68. The van der Waals surface area contributed by atoms with E-state index < -0.39 is 5.60 Å². The third-order valence-corrected chi connectivity index (χ3v) is 4.21. The molecule has 3 rings (SSSR count). The van der Waals surface area contributed by atoms with Gasteiger partial charge in [-0.3, -0.25) is 4.79 Å². The van der Waals surface area contributed by atoms with Crippen molar-refractivity contribution in [2.24, 2.45) is 0 Å². The second-order valence-corrected chi connectivity index (χ2v) is 5.70. The van der Waals surface area contributed by atoms with Gasteiger partial charge in [-0.1, -0.05) is 12.1 Å². The van der Waals surface area contributed by atoms with E-state index in [0.29, 0.717) is 19.4 Å². The Morgan fingerprint density at radius 1 is 1.43 bits per heavy atom. The summed E-state index contributed by atoms with van der Waals surface area (Å²) in [6, 6.07) is 7.74. The molecule has 122 valence electrons. The highest BCUT2D eigenvalue weighted by molar-refractivity contribution is 5.97. The first kappa shape index (κ1) is 15.6. The second-order valence-electron chi connectivity index (χ2n) is 5.70. The number of anilines is 1. The number of rotatable bonds is 5. The van der Waals surface area contributed by atoms with Crippen LogP contribution < -0.4 is 10.6 Å². The van der Waals surface area contributed by atoms with E-state index >= 15 is 0 Å². The molecule has 2 aromatic rings. The molecular formula is C16H21N5O2. The van der Waals surface area contributed by atoms with Crippen LogP contribution in [-0.4, -0.2) is 46.5 Å². The predicted octanol–water partition coefficient (Wildman–Crippen LogP) is 1.03. The average Bonchev–Trinajstić information content (AvgIpc) is 3.08. The van der Waals surface area contributed by atoms with E-state index in [-0.39, 0.29) is 5.91 Å². The maximum Gasteiger partial charge on any atom is 0.256 e. The molecule has 1 amide bonds. The fourth-order valence-electron chi connectivity index (χ4n) is 2.85. The molecule has 1 aromatic carbocycles. The summed E-state index contributed by atoms with van der Waals surface area (Å²) in [6.45, 7) is 2.18. The summed E-state index contributed by atoms with van der Waals surface area (Å²) in [6.07, 6.45) is 4.52. The molecule has 0 radical (unpaired) electrons. The van der Waals surface area contributed by atoms with Gasteiger partial charge in [0.2, 0.25) is 0 Å². The van der Waals surface area contributed by atoms with Gasteiger partial charge in [0.15, 0.2) is 0 Å². The number of methoxy groups -OCH3 is 1. The van der Waals surface area contributed by atoms with Crippen molar-refractivity contribution in [2.75, 3.05) is 25.5 Å². The van der Waals surface area contributed by atoms with Crippen LogP contribution in [0.3, 0.4) is 0 Å². The molecule has 1 aromatic heterocycles. The highest BCUT2D eigenvalue weighted by Gasteiger charge is 2.39. The van der Waals surface area contributed by atoms with E-state index in [1.165, 1.54) is 6.33 Å². The van der Waals surface area contributed by atoms with Crippen molar-refractivity contribution >= 4 is 11.6 Å². The van der Waals surface area contributed by atoms with Gasteiger partial charge in [-0.15, -0.1) is 0 Å². The van der Waals surface area contributed by atoms with Gasteiger partial charge >= 0.3 is 0 Å². The number of benzene rings is 1. The molecule has 1 saturated heterocycles. The first-order chi connectivity index (χ1) is 11.2. The number of amides is 1. The summed E-state index contributed by atoms with van der Waals surface area (Å²) < 4.78 is 7.29. The van der Waals surface area contributed by atoms with E-state index in [2.05, 4.69) is 20.7 Å². The summed E-state index contributed by atoms with van der Waals surface area (Å²) in [5.74, 6) is -0.0839. The largest absolute Gasteiger partial charge is 0.368 e. The normalized spacial score (nSPS) is 16.9. The van der Waals surface area contributed by atoms with Crippen molar-refractivity contribution in [3.63, 3.8) is 0 Å². The van der Waals surface area contributed by atoms with Crippen LogP contribution in [0.1, 0.15) is 18.4 Å². The zero-order valence-electron chi connectivity index (χ0n) is 13.2. The third kappa shape index (κ3) is 3.57. The highest BCUT2D eigenvalue weighted by Crippen LogP contribution is 2.24. The summed E-state index contributed by atoms with van der Waals surface area (Å²) in [7, 11) is 1.60. The Morgan fingerprint density at radius 2 is 2.26 bits per heavy atom. The third-order valence-electron chi connectivity index (χ3n) is 4.21. The van der Waals surface area contributed by atoms with Crippen LogP contribution in [0.5, 0.6) is 0 Å². The summed E-state index contributed by atoms with van der Waals surface area (Å²) >= 11 is 0. The van der Waals surface area contributed by atoms with Crippen LogP contribution in [-0.2, 0) is 16.1 Å². The number of nitrogens with zero attached hydrogens (tertiary/aromatic N) is 3. The lowest BCUT2D eigenvalue weighted by Gasteiger charge is -2.34. The van der Waals surface area contributed by atoms with Gasteiger partial charge in [0, 0.05) is 12.8 Å². The predicted molar refractivity (Wildman–Crippen MR) is 86.0 cm³/mol. The Hall–Kier alpha value is -2.25. The SMILES string of the molecule is COC1(C(=O)Nc2cccc(Cn3cncn3)c2)CCNCC1. The quantitative estimate of drug-likeness (QED) is 0.861. The number of carbonyl (C=O) groups is 1. The van der Waals surface area contributed by atoms with Crippen molar-refractivity contribution in [1.29, 1.82) is 0 Å². The summed E-state index contributed by atoms with van der Waals surface area (Å²) in [4.78, 5) is 16.6. The number of hydrogen-bond acceptors (Lipinski definition) is 5. The average molecular weight is 315 g/mol. The van der Waals surface area contributed by atoms with Crippen molar-refractivity contribution in [2.45, 2.75) is 25.0 Å². The standard InChI is InChI=1S/C16H21N5O2/c1-23-16(5-7-17-8-6-16)15(22)20-14-4-2-3-13(9-14)10-21-12-18-11-19-21/h2-4,9,11-12,17H,5-8,10H2,1H3,(H,20,22). The maximum atomic E-state index is 12.7. The minimum absolute atomic E-state index is 0.0839.